The quantitative estimate of drug-likeness (QED) is 0.826. The van der Waals surface area contributed by atoms with Crippen molar-refractivity contribution in [2.24, 2.45) is 0 Å². The van der Waals surface area contributed by atoms with Gasteiger partial charge in [0.05, 0.1) is 0 Å². The number of hydrogen-bond acceptors (Lipinski definition) is 6. The molecule has 1 fully saturated rings. The molecule has 0 radical (unpaired) electrons. The molecule has 0 spiro atoms. The van der Waals surface area contributed by atoms with E-state index >= 15 is 0 Å². The minimum Gasteiger partial charge on any atom is -0.408 e. The number of hydrogen-bond donors (Lipinski definition) is 0. The molecule has 1 aliphatic rings. The molecule has 2 heterocycles. The first-order valence-electron chi connectivity index (χ1n) is 8.28. The van der Waals surface area contributed by atoms with E-state index in [4.69, 9.17) is 4.42 Å². The molecular weight excluding hydrogens is 342 g/mol. The van der Waals surface area contributed by atoms with Crippen LogP contribution in [-0.4, -0.2) is 48.3 Å². The maximum Gasteiger partial charge on any atom is 0.336 e. The molecule has 134 valence electrons. The minimum atomic E-state index is -3.95. The highest BCUT2D eigenvalue weighted by molar-refractivity contribution is 7.91. The van der Waals surface area contributed by atoms with E-state index in [0.29, 0.717) is 18.7 Å². The molecule has 7 nitrogen and oxygen atoms in total. The maximum absolute atomic E-state index is 12.4. The summed E-state index contributed by atoms with van der Waals surface area (Å²) in [5.41, 5.74) is 2.81. The van der Waals surface area contributed by atoms with Crippen LogP contribution in [0.4, 0.5) is 0 Å². The zero-order chi connectivity index (χ0) is 18.0. The molecule has 0 atom stereocenters. The maximum atomic E-state index is 12.4. The summed E-state index contributed by atoms with van der Waals surface area (Å²) in [7, 11) is -3.95. The summed E-state index contributed by atoms with van der Waals surface area (Å²) in [6.07, 6.45) is 2.88. The second-order valence-electron chi connectivity index (χ2n) is 6.37. The highest BCUT2D eigenvalue weighted by Gasteiger charge is 2.29. The normalized spacial score (nSPS) is 15.4. The molecule has 1 amide bonds. The summed E-state index contributed by atoms with van der Waals surface area (Å²) in [5.74, 6) is -0.917. The summed E-state index contributed by atoms with van der Waals surface area (Å²) in [6, 6.07) is 5.56. The topological polar surface area (TPSA) is 93.4 Å². The Bertz CT molecular complexity index is 883. The zero-order valence-electron chi connectivity index (χ0n) is 14.4. The van der Waals surface area contributed by atoms with Crippen LogP contribution < -0.4 is 0 Å². The first kappa shape index (κ1) is 17.6. The van der Waals surface area contributed by atoms with E-state index in [-0.39, 0.29) is 5.89 Å². The molecule has 0 bridgehead atoms. The molecule has 0 N–H and O–H groups in total. The van der Waals surface area contributed by atoms with Crippen LogP contribution in [-0.2, 0) is 14.6 Å². The van der Waals surface area contributed by atoms with Crippen molar-refractivity contribution in [2.45, 2.75) is 38.3 Å². The van der Waals surface area contributed by atoms with Crippen molar-refractivity contribution >= 4 is 15.7 Å². The number of piperidine rings is 1. The van der Waals surface area contributed by atoms with Gasteiger partial charge in [0.15, 0.2) is 0 Å². The standard InChI is InChI=1S/C17H21N3O4S/c1-12-6-7-14(10-13(12)2)16-18-19-17(24-16)25(22,23)11-15(21)20-8-4-3-5-9-20/h6-7,10H,3-5,8-9,11H2,1-2H3. The Labute approximate surface area is 147 Å². The second kappa shape index (κ2) is 6.95. The van der Waals surface area contributed by atoms with Crippen LogP contribution in [0.2, 0.25) is 0 Å². The molecule has 1 saturated heterocycles. The van der Waals surface area contributed by atoms with Crippen molar-refractivity contribution < 1.29 is 17.6 Å². The lowest BCUT2D eigenvalue weighted by molar-refractivity contribution is -0.129. The number of carbonyl (C=O) groups excluding carboxylic acids is 1. The number of benzene rings is 1. The average Bonchev–Trinajstić information content (AvgIpc) is 3.09. The van der Waals surface area contributed by atoms with Crippen LogP contribution in [0.5, 0.6) is 0 Å². The van der Waals surface area contributed by atoms with E-state index in [0.717, 1.165) is 30.4 Å². The lowest BCUT2D eigenvalue weighted by Gasteiger charge is -2.26. The number of aromatic nitrogens is 2. The fraction of sp³-hybridized carbons (Fsp3) is 0.471. The number of aryl methyl sites for hydroxylation is 2. The van der Waals surface area contributed by atoms with Crippen LogP contribution in [0.1, 0.15) is 30.4 Å². The Morgan fingerprint density at radius 1 is 1.12 bits per heavy atom. The van der Waals surface area contributed by atoms with E-state index in [9.17, 15) is 13.2 Å². The lowest BCUT2D eigenvalue weighted by Crippen LogP contribution is -2.39. The van der Waals surface area contributed by atoms with Gasteiger partial charge >= 0.3 is 5.22 Å². The second-order valence-corrected chi connectivity index (χ2v) is 8.24. The number of sulfone groups is 1. The molecule has 1 aliphatic heterocycles. The van der Waals surface area contributed by atoms with E-state index in [1.165, 1.54) is 0 Å². The predicted octanol–water partition coefficient (Wildman–Crippen LogP) is 2.14. The summed E-state index contributed by atoms with van der Waals surface area (Å²) >= 11 is 0. The van der Waals surface area contributed by atoms with Crippen molar-refractivity contribution in [3.8, 4) is 11.5 Å². The Kier molecular flexibility index (Phi) is 4.89. The van der Waals surface area contributed by atoms with Crippen molar-refractivity contribution in [1.29, 1.82) is 0 Å². The third-order valence-corrected chi connectivity index (χ3v) is 5.77. The molecule has 8 heteroatoms. The van der Waals surface area contributed by atoms with Crippen LogP contribution in [0.15, 0.2) is 27.8 Å². The van der Waals surface area contributed by atoms with Crippen LogP contribution in [0.3, 0.4) is 0 Å². The molecular formula is C17H21N3O4S. The van der Waals surface area contributed by atoms with E-state index < -0.39 is 26.7 Å². The van der Waals surface area contributed by atoms with Gasteiger partial charge in [-0.05, 0) is 56.4 Å². The first-order valence-corrected chi connectivity index (χ1v) is 9.94. The average molecular weight is 363 g/mol. The highest BCUT2D eigenvalue weighted by atomic mass is 32.2. The Morgan fingerprint density at radius 3 is 2.52 bits per heavy atom. The molecule has 0 unspecified atom stereocenters. The molecule has 3 rings (SSSR count). The van der Waals surface area contributed by atoms with Crippen molar-refractivity contribution in [2.75, 3.05) is 18.8 Å². The van der Waals surface area contributed by atoms with Gasteiger partial charge in [-0.2, -0.15) is 0 Å². The van der Waals surface area contributed by atoms with Crippen LogP contribution in [0.25, 0.3) is 11.5 Å². The van der Waals surface area contributed by atoms with E-state index in [1.54, 1.807) is 11.0 Å². The van der Waals surface area contributed by atoms with Gasteiger partial charge in [0.25, 0.3) is 0 Å². The highest BCUT2D eigenvalue weighted by Crippen LogP contribution is 2.23. The summed E-state index contributed by atoms with van der Waals surface area (Å²) in [6.45, 7) is 5.14. The summed E-state index contributed by atoms with van der Waals surface area (Å²) in [4.78, 5) is 13.8. The summed E-state index contributed by atoms with van der Waals surface area (Å²) in [5, 5.41) is 6.95. The molecule has 1 aromatic heterocycles. The van der Waals surface area contributed by atoms with Crippen LogP contribution >= 0.6 is 0 Å². The van der Waals surface area contributed by atoms with Crippen molar-refractivity contribution in [1.82, 2.24) is 15.1 Å². The van der Waals surface area contributed by atoms with Crippen LogP contribution in [0, 0.1) is 13.8 Å². The number of nitrogens with zero attached hydrogens (tertiary/aromatic N) is 3. The van der Waals surface area contributed by atoms with Crippen molar-refractivity contribution in [3.63, 3.8) is 0 Å². The molecule has 2 aromatic rings. The lowest BCUT2D eigenvalue weighted by atomic mass is 10.1. The third kappa shape index (κ3) is 3.89. The molecule has 25 heavy (non-hydrogen) atoms. The largest absolute Gasteiger partial charge is 0.408 e. The van der Waals surface area contributed by atoms with Gasteiger partial charge in [-0.3, -0.25) is 4.79 Å². The first-order chi connectivity index (χ1) is 11.9. The van der Waals surface area contributed by atoms with Gasteiger partial charge in [-0.25, -0.2) is 8.42 Å². The van der Waals surface area contributed by atoms with Gasteiger partial charge in [0.2, 0.25) is 21.6 Å². The number of rotatable bonds is 4. The fourth-order valence-corrected chi connectivity index (χ4v) is 3.79. The number of carbonyl (C=O) groups is 1. The monoisotopic (exact) mass is 363 g/mol. The molecule has 1 aromatic carbocycles. The van der Waals surface area contributed by atoms with Gasteiger partial charge < -0.3 is 9.32 Å². The number of amides is 1. The zero-order valence-corrected chi connectivity index (χ0v) is 15.2. The van der Waals surface area contributed by atoms with Crippen molar-refractivity contribution in [3.05, 3.63) is 29.3 Å². The fourth-order valence-electron chi connectivity index (χ4n) is 2.79. The third-order valence-electron chi connectivity index (χ3n) is 4.45. The minimum absolute atomic E-state index is 0.132. The Hall–Kier alpha value is -2.22. The summed E-state index contributed by atoms with van der Waals surface area (Å²) < 4.78 is 30.2. The van der Waals surface area contributed by atoms with E-state index in [1.807, 2.05) is 26.0 Å². The smallest absolute Gasteiger partial charge is 0.336 e. The molecule has 0 saturated carbocycles. The number of likely N-dealkylation sites (tertiary alicyclic amines) is 1. The van der Waals surface area contributed by atoms with Gasteiger partial charge in [0, 0.05) is 18.7 Å². The Morgan fingerprint density at radius 2 is 1.84 bits per heavy atom. The van der Waals surface area contributed by atoms with Gasteiger partial charge in [-0.1, -0.05) is 11.2 Å². The SMILES string of the molecule is Cc1ccc(-c2nnc(S(=O)(=O)CC(=O)N3CCCCC3)o2)cc1C. The predicted molar refractivity (Wildman–Crippen MR) is 91.7 cm³/mol. The van der Waals surface area contributed by atoms with Gasteiger partial charge in [0.1, 0.15) is 5.75 Å². The Balaban J connectivity index is 1.78. The molecule has 0 aliphatic carbocycles. The van der Waals surface area contributed by atoms with Gasteiger partial charge in [-0.15, -0.1) is 5.10 Å². The van der Waals surface area contributed by atoms with E-state index in [2.05, 4.69) is 10.2 Å².